The first-order valence-electron chi connectivity index (χ1n) is 6.68. The van der Waals surface area contributed by atoms with E-state index >= 15 is 0 Å². The lowest BCUT2D eigenvalue weighted by Crippen LogP contribution is -2.42. The average molecular weight is 250 g/mol. The van der Waals surface area contributed by atoms with Crippen molar-refractivity contribution in [3.63, 3.8) is 0 Å². The zero-order valence-corrected chi connectivity index (χ0v) is 11.7. The number of hydrogen-bond acceptors (Lipinski definition) is 3. The lowest BCUT2D eigenvalue weighted by atomic mass is 9.93. The summed E-state index contributed by atoms with van der Waals surface area (Å²) in [5.41, 5.74) is 0.327. The van der Waals surface area contributed by atoms with Crippen molar-refractivity contribution in [2.75, 3.05) is 6.54 Å². The van der Waals surface area contributed by atoms with Crippen LogP contribution in [0.3, 0.4) is 0 Å². The van der Waals surface area contributed by atoms with Crippen molar-refractivity contribution in [3.05, 3.63) is 17.5 Å². The summed E-state index contributed by atoms with van der Waals surface area (Å²) in [6.07, 6.45) is 3.37. The zero-order valence-electron chi connectivity index (χ0n) is 11.7. The summed E-state index contributed by atoms with van der Waals surface area (Å²) < 4.78 is 5.28. The third-order valence-corrected chi connectivity index (χ3v) is 3.53. The lowest BCUT2D eigenvalue weighted by Gasteiger charge is -2.32. The molecule has 0 spiro atoms. The maximum absolute atomic E-state index is 12.4. The Labute approximate surface area is 108 Å². The van der Waals surface area contributed by atoms with Gasteiger partial charge in [0.1, 0.15) is 5.76 Å². The van der Waals surface area contributed by atoms with Crippen LogP contribution in [0.25, 0.3) is 0 Å². The van der Waals surface area contributed by atoms with Gasteiger partial charge in [-0.25, -0.2) is 0 Å². The van der Waals surface area contributed by atoms with Crippen LogP contribution >= 0.6 is 0 Å². The molecule has 0 N–H and O–H groups in total. The van der Waals surface area contributed by atoms with Gasteiger partial charge in [-0.3, -0.25) is 4.79 Å². The van der Waals surface area contributed by atoms with Gasteiger partial charge >= 0.3 is 0 Å². The Hall–Kier alpha value is -1.32. The van der Waals surface area contributed by atoms with E-state index in [9.17, 15) is 4.79 Å². The fraction of sp³-hybridized carbons (Fsp3) is 0.714. The molecule has 1 aromatic heterocycles. The number of rotatable bonds is 1. The highest BCUT2D eigenvalue weighted by Gasteiger charge is 2.28. The molecular formula is C14H22N2O2. The number of hydrogen-bond donors (Lipinski definition) is 0. The third kappa shape index (κ3) is 2.57. The highest BCUT2D eigenvalue weighted by atomic mass is 16.5. The second-order valence-electron chi connectivity index (χ2n) is 6.17. The van der Waals surface area contributed by atoms with Crippen LogP contribution in [0.15, 0.2) is 10.6 Å². The van der Waals surface area contributed by atoms with Gasteiger partial charge in [-0.1, -0.05) is 25.9 Å². The number of amides is 1. The predicted molar refractivity (Wildman–Crippen MR) is 69.6 cm³/mol. The standard InChI is InChI=1S/C14H22N2O2/c1-10-7-5-6-8-16(10)13(17)11-9-12(18-15-11)14(2,3)4/h9-10H,5-8H2,1-4H3. The van der Waals surface area contributed by atoms with Crippen LogP contribution < -0.4 is 0 Å². The van der Waals surface area contributed by atoms with E-state index < -0.39 is 0 Å². The average Bonchev–Trinajstić information content (AvgIpc) is 2.77. The number of aromatic nitrogens is 1. The van der Waals surface area contributed by atoms with Gasteiger partial charge in [0.05, 0.1) is 0 Å². The Morgan fingerprint density at radius 3 is 2.72 bits per heavy atom. The number of carbonyl (C=O) groups is 1. The molecule has 1 amide bonds. The number of nitrogens with zero attached hydrogens (tertiary/aromatic N) is 2. The molecule has 0 saturated carbocycles. The molecule has 0 aliphatic carbocycles. The fourth-order valence-electron chi connectivity index (χ4n) is 2.28. The van der Waals surface area contributed by atoms with E-state index in [1.807, 2.05) is 25.7 Å². The van der Waals surface area contributed by atoms with Crippen molar-refractivity contribution in [2.24, 2.45) is 0 Å². The molecule has 100 valence electrons. The largest absolute Gasteiger partial charge is 0.360 e. The first-order chi connectivity index (χ1) is 8.39. The lowest BCUT2D eigenvalue weighted by molar-refractivity contribution is 0.0625. The molecule has 1 atom stereocenters. The normalized spacial score (nSPS) is 21.1. The maximum Gasteiger partial charge on any atom is 0.276 e. The summed E-state index contributed by atoms with van der Waals surface area (Å²) in [5, 5.41) is 3.93. The molecule has 1 unspecified atom stereocenters. The van der Waals surface area contributed by atoms with E-state index in [0.29, 0.717) is 11.7 Å². The van der Waals surface area contributed by atoms with E-state index in [1.165, 1.54) is 6.42 Å². The molecule has 1 fully saturated rings. The molecule has 2 heterocycles. The minimum atomic E-state index is -0.112. The van der Waals surface area contributed by atoms with Crippen LogP contribution in [0.1, 0.15) is 63.2 Å². The minimum absolute atomic E-state index is 0.00134. The van der Waals surface area contributed by atoms with Gasteiger partial charge in [-0.15, -0.1) is 0 Å². The van der Waals surface area contributed by atoms with Crippen molar-refractivity contribution in [1.82, 2.24) is 10.1 Å². The van der Waals surface area contributed by atoms with E-state index in [0.717, 1.165) is 25.1 Å². The van der Waals surface area contributed by atoms with E-state index in [4.69, 9.17) is 4.52 Å². The Bertz CT molecular complexity index is 431. The van der Waals surface area contributed by atoms with E-state index in [-0.39, 0.29) is 11.3 Å². The molecule has 2 rings (SSSR count). The van der Waals surface area contributed by atoms with Gasteiger partial charge in [0.2, 0.25) is 0 Å². The van der Waals surface area contributed by atoms with Crippen molar-refractivity contribution >= 4 is 5.91 Å². The molecule has 1 aromatic rings. The second kappa shape index (κ2) is 4.75. The molecule has 18 heavy (non-hydrogen) atoms. The van der Waals surface area contributed by atoms with Gasteiger partial charge < -0.3 is 9.42 Å². The number of likely N-dealkylation sites (tertiary alicyclic amines) is 1. The third-order valence-electron chi connectivity index (χ3n) is 3.53. The summed E-state index contributed by atoms with van der Waals surface area (Å²) in [6.45, 7) is 9.07. The van der Waals surface area contributed by atoms with E-state index in [2.05, 4.69) is 12.1 Å². The maximum atomic E-state index is 12.4. The molecule has 0 aromatic carbocycles. The quantitative estimate of drug-likeness (QED) is 0.769. The molecule has 0 bridgehead atoms. The van der Waals surface area contributed by atoms with Gasteiger partial charge in [0, 0.05) is 24.1 Å². The molecule has 1 aliphatic heterocycles. The molecule has 1 aliphatic rings. The van der Waals surface area contributed by atoms with Crippen molar-refractivity contribution in [3.8, 4) is 0 Å². The smallest absolute Gasteiger partial charge is 0.276 e. The monoisotopic (exact) mass is 250 g/mol. The SMILES string of the molecule is CC1CCCCN1C(=O)c1cc(C(C)(C)C)on1. The Morgan fingerprint density at radius 2 is 2.17 bits per heavy atom. The first kappa shape index (κ1) is 13.1. The summed E-state index contributed by atoms with van der Waals surface area (Å²) in [4.78, 5) is 14.3. The Kier molecular flexibility index (Phi) is 3.46. The predicted octanol–water partition coefficient (Wildman–Crippen LogP) is 2.99. The Balaban J connectivity index is 2.16. The summed E-state index contributed by atoms with van der Waals surface area (Å²) in [7, 11) is 0. The van der Waals surface area contributed by atoms with Crippen LogP contribution in [0, 0.1) is 0 Å². The summed E-state index contributed by atoms with van der Waals surface area (Å²) in [6, 6.07) is 2.09. The van der Waals surface area contributed by atoms with Crippen LogP contribution in [0.5, 0.6) is 0 Å². The van der Waals surface area contributed by atoms with Crippen LogP contribution in [0.4, 0.5) is 0 Å². The van der Waals surface area contributed by atoms with Crippen LogP contribution in [-0.2, 0) is 5.41 Å². The zero-order chi connectivity index (χ0) is 13.3. The van der Waals surface area contributed by atoms with Gasteiger partial charge in [0.15, 0.2) is 5.69 Å². The number of piperidine rings is 1. The topological polar surface area (TPSA) is 46.3 Å². The molecular weight excluding hydrogens is 228 g/mol. The summed E-state index contributed by atoms with van der Waals surface area (Å²) >= 11 is 0. The van der Waals surface area contributed by atoms with Gasteiger partial charge in [-0.2, -0.15) is 0 Å². The fourth-order valence-corrected chi connectivity index (χ4v) is 2.28. The second-order valence-corrected chi connectivity index (χ2v) is 6.17. The molecule has 0 radical (unpaired) electrons. The molecule has 4 nitrogen and oxygen atoms in total. The van der Waals surface area contributed by atoms with Crippen LogP contribution in [-0.4, -0.2) is 28.6 Å². The summed E-state index contributed by atoms with van der Waals surface area (Å²) in [5.74, 6) is 0.761. The highest BCUT2D eigenvalue weighted by molar-refractivity contribution is 5.92. The van der Waals surface area contributed by atoms with E-state index in [1.54, 1.807) is 6.07 Å². The first-order valence-corrected chi connectivity index (χ1v) is 6.68. The van der Waals surface area contributed by atoms with Crippen molar-refractivity contribution in [2.45, 2.75) is 58.4 Å². The van der Waals surface area contributed by atoms with Gasteiger partial charge in [-0.05, 0) is 26.2 Å². The molecule has 1 saturated heterocycles. The number of carbonyl (C=O) groups excluding carboxylic acids is 1. The highest BCUT2D eigenvalue weighted by Crippen LogP contribution is 2.24. The molecule has 4 heteroatoms. The van der Waals surface area contributed by atoms with Crippen molar-refractivity contribution < 1.29 is 9.32 Å². The Morgan fingerprint density at radius 1 is 1.44 bits per heavy atom. The van der Waals surface area contributed by atoms with Crippen LogP contribution in [0.2, 0.25) is 0 Å². The van der Waals surface area contributed by atoms with Gasteiger partial charge in [0.25, 0.3) is 5.91 Å². The minimum Gasteiger partial charge on any atom is -0.360 e. The van der Waals surface area contributed by atoms with Crippen molar-refractivity contribution in [1.29, 1.82) is 0 Å².